The number of allylic oxidation sites excluding steroid dienone is 1. The molecule has 1 amide bonds. The van der Waals surface area contributed by atoms with E-state index in [0.717, 1.165) is 12.8 Å². The summed E-state index contributed by atoms with van der Waals surface area (Å²) in [6, 6.07) is -0.141. The van der Waals surface area contributed by atoms with Crippen LogP contribution in [0.3, 0.4) is 0 Å². The second-order valence-corrected chi connectivity index (χ2v) is 8.35. The molecular formula is C18H33FN2O2. The van der Waals surface area contributed by atoms with E-state index >= 15 is 0 Å². The number of carbonyl (C=O) groups is 1. The first-order valence-electron chi connectivity index (χ1n) is 8.56. The number of alkyl halides is 1. The number of rotatable bonds is 6. The van der Waals surface area contributed by atoms with E-state index in [2.05, 4.69) is 19.2 Å². The Morgan fingerprint density at radius 1 is 1.30 bits per heavy atom. The zero-order chi connectivity index (χ0) is 17.8. The SMILES string of the molecule is CC(C)CC/C=C/C(F)C(=O)NC1CC(C)(C)N(O)C(C)(C)C1. The quantitative estimate of drug-likeness (QED) is 0.728. The Morgan fingerprint density at radius 2 is 1.83 bits per heavy atom. The predicted molar refractivity (Wildman–Crippen MR) is 91.1 cm³/mol. The third-order valence-electron chi connectivity index (χ3n) is 4.45. The van der Waals surface area contributed by atoms with Gasteiger partial charge in [-0.1, -0.05) is 19.9 Å². The molecule has 0 radical (unpaired) electrons. The van der Waals surface area contributed by atoms with Gasteiger partial charge in [0, 0.05) is 17.1 Å². The van der Waals surface area contributed by atoms with E-state index in [1.54, 1.807) is 6.08 Å². The first kappa shape index (κ1) is 20.1. The van der Waals surface area contributed by atoms with Crippen LogP contribution in [0.4, 0.5) is 4.39 Å². The minimum absolute atomic E-state index is 0.141. The smallest absolute Gasteiger partial charge is 0.258 e. The van der Waals surface area contributed by atoms with Gasteiger partial charge in [-0.25, -0.2) is 4.39 Å². The maximum atomic E-state index is 14.0. The molecule has 0 saturated carbocycles. The molecule has 1 fully saturated rings. The topological polar surface area (TPSA) is 52.6 Å². The van der Waals surface area contributed by atoms with Crippen LogP contribution in [0.25, 0.3) is 0 Å². The first-order chi connectivity index (χ1) is 10.5. The highest BCUT2D eigenvalue weighted by atomic mass is 19.1. The zero-order valence-corrected chi connectivity index (χ0v) is 15.4. The van der Waals surface area contributed by atoms with Gasteiger partial charge in [0.15, 0.2) is 6.17 Å². The minimum atomic E-state index is -1.61. The average molecular weight is 328 g/mol. The monoisotopic (exact) mass is 328 g/mol. The van der Waals surface area contributed by atoms with E-state index < -0.39 is 23.2 Å². The van der Waals surface area contributed by atoms with Crippen molar-refractivity contribution in [3.8, 4) is 0 Å². The Morgan fingerprint density at radius 3 is 2.30 bits per heavy atom. The summed E-state index contributed by atoms with van der Waals surface area (Å²) in [4.78, 5) is 12.0. The number of hydrogen-bond acceptors (Lipinski definition) is 3. The van der Waals surface area contributed by atoms with Crippen LogP contribution < -0.4 is 5.32 Å². The van der Waals surface area contributed by atoms with Crippen molar-refractivity contribution in [2.75, 3.05) is 0 Å². The predicted octanol–water partition coefficient (Wildman–Crippen LogP) is 3.84. The highest BCUT2D eigenvalue weighted by Gasteiger charge is 2.45. The zero-order valence-electron chi connectivity index (χ0n) is 15.4. The Hall–Kier alpha value is -0.940. The molecule has 1 heterocycles. The Kier molecular flexibility index (Phi) is 6.78. The van der Waals surface area contributed by atoms with Crippen LogP contribution in [0.15, 0.2) is 12.2 Å². The van der Waals surface area contributed by atoms with Gasteiger partial charge in [0.2, 0.25) is 0 Å². The van der Waals surface area contributed by atoms with Crippen molar-refractivity contribution in [3.63, 3.8) is 0 Å². The second-order valence-electron chi connectivity index (χ2n) is 8.35. The van der Waals surface area contributed by atoms with Gasteiger partial charge in [0.05, 0.1) is 0 Å². The van der Waals surface area contributed by atoms with Crippen LogP contribution in [0.2, 0.25) is 0 Å². The average Bonchev–Trinajstić information content (AvgIpc) is 2.39. The molecule has 2 N–H and O–H groups in total. The summed E-state index contributed by atoms with van der Waals surface area (Å²) in [7, 11) is 0. The molecular weight excluding hydrogens is 295 g/mol. The molecule has 0 spiro atoms. The minimum Gasteiger partial charge on any atom is -0.350 e. The van der Waals surface area contributed by atoms with Gasteiger partial charge in [-0.3, -0.25) is 4.79 Å². The van der Waals surface area contributed by atoms with Gasteiger partial charge in [-0.2, -0.15) is 5.06 Å². The number of hydroxylamine groups is 2. The largest absolute Gasteiger partial charge is 0.350 e. The highest BCUT2D eigenvalue weighted by molar-refractivity contribution is 5.82. The third-order valence-corrected chi connectivity index (χ3v) is 4.45. The summed E-state index contributed by atoms with van der Waals surface area (Å²) >= 11 is 0. The lowest BCUT2D eigenvalue weighted by molar-refractivity contribution is -0.246. The fraction of sp³-hybridized carbons (Fsp3) is 0.833. The Labute approximate surface area is 140 Å². The molecule has 1 rings (SSSR count). The van der Waals surface area contributed by atoms with Crippen LogP contribution in [-0.4, -0.2) is 39.5 Å². The van der Waals surface area contributed by atoms with Crippen LogP contribution in [-0.2, 0) is 4.79 Å². The van der Waals surface area contributed by atoms with Gasteiger partial charge in [0.1, 0.15) is 0 Å². The molecule has 0 aliphatic carbocycles. The van der Waals surface area contributed by atoms with Crippen molar-refractivity contribution in [2.24, 2.45) is 5.92 Å². The van der Waals surface area contributed by atoms with Gasteiger partial charge in [-0.05, 0) is 65.4 Å². The van der Waals surface area contributed by atoms with E-state index in [9.17, 15) is 14.4 Å². The van der Waals surface area contributed by atoms with Crippen molar-refractivity contribution in [1.29, 1.82) is 0 Å². The molecule has 134 valence electrons. The Balaban J connectivity index is 2.56. The van der Waals surface area contributed by atoms with Gasteiger partial charge < -0.3 is 10.5 Å². The molecule has 1 aliphatic heterocycles. The lowest BCUT2D eigenvalue weighted by Gasteiger charge is -2.51. The summed E-state index contributed by atoms with van der Waals surface area (Å²) in [6.07, 6.45) is 4.42. The van der Waals surface area contributed by atoms with Gasteiger partial charge >= 0.3 is 0 Å². The molecule has 1 unspecified atom stereocenters. The summed E-state index contributed by atoms with van der Waals surface area (Å²) in [5.74, 6) is -0.0200. The van der Waals surface area contributed by atoms with Crippen LogP contribution in [0, 0.1) is 5.92 Å². The first-order valence-corrected chi connectivity index (χ1v) is 8.56. The number of halogens is 1. The standard InChI is InChI=1S/C18H33FN2O2/c1-13(2)9-7-8-10-15(19)16(22)20-14-11-17(3,4)21(23)18(5,6)12-14/h8,10,13-15,23H,7,9,11-12H2,1-6H3,(H,20,22)/b10-8+. The molecule has 5 heteroatoms. The van der Waals surface area contributed by atoms with Crippen LogP contribution in [0.5, 0.6) is 0 Å². The van der Waals surface area contributed by atoms with E-state index in [1.165, 1.54) is 11.1 Å². The van der Waals surface area contributed by atoms with Crippen molar-refractivity contribution >= 4 is 5.91 Å². The summed E-state index contributed by atoms with van der Waals surface area (Å²) < 4.78 is 14.0. The third kappa shape index (κ3) is 5.88. The number of nitrogens with zero attached hydrogens (tertiary/aromatic N) is 1. The molecule has 1 aliphatic rings. The van der Waals surface area contributed by atoms with Crippen LogP contribution in [0.1, 0.15) is 67.2 Å². The lowest BCUT2D eigenvalue weighted by Crippen LogP contribution is -2.63. The second kappa shape index (κ2) is 7.75. The normalized spacial score (nSPS) is 23.3. The highest BCUT2D eigenvalue weighted by Crippen LogP contribution is 2.36. The molecule has 0 aromatic carbocycles. The van der Waals surface area contributed by atoms with Crippen molar-refractivity contribution in [3.05, 3.63) is 12.2 Å². The summed E-state index contributed by atoms with van der Waals surface area (Å²) in [5, 5.41) is 14.4. The number of piperidine rings is 1. The van der Waals surface area contributed by atoms with E-state index in [-0.39, 0.29) is 6.04 Å². The molecule has 0 aromatic rings. The van der Waals surface area contributed by atoms with E-state index in [4.69, 9.17) is 0 Å². The molecule has 0 bridgehead atoms. The molecule has 1 atom stereocenters. The summed E-state index contributed by atoms with van der Waals surface area (Å²) in [5.41, 5.74) is -0.919. The lowest BCUT2D eigenvalue weighted by atomic mass is 9.79. The van der Waals surface area contributed by atoms with E-state index in [0.29, 0.717) is 18.8 Å². The number of nitrogens with one attached hydrogen (secondary N) is 1. The van der Waals surface area contributed by atoms with Gasteiger partial charge in [-0.15, -0.1) is 0 Å². The Bertz CT molecular complexity index is 415. The maximum absolute atomic E-state index is 14.0. The van der Waals surface area contributed by atoms with Gasteiger partial charge in [0.25, 0.3) is 5.91 Å². The number of hydrogen-bond donors (Lipinski definition) is 2. The van der Waals surface area contributed by atoms with Crippen LogP contribution >= 0.6 is 0 Å². The molecule has 23 heavy (non-hydrogen) atoms. The van der Waals surface area contributed by atoms with Crippen molar-refractivity contribution in [2.45, 2.75) is 90.5 Å². The van der Waals surface area contributed by atoms with Crippen molar-refractivity contribution in [1.82, 2.24) is 10.4 Å². The number of amides is 1. The molecule has 4 nitrogen and oxygen atoms in total. The van der Waals surface area contributed by atoms with E-state index in [1.807, 2.05) is 27.7 Å². The fourth-order valence-corrected chi connectivity index (χ4v) is 3.39. The number of carbonyl (C=O) groups excluding carboxylic acids is 1. The molecule has 1 saturated heterocycles. The fourth-order valence-electron chi connectivity index (χ4n) is 3.39. The maximum Gasteiger partial charge on any atom is 0.258 e. The summed E-state index contributed by atoms with van der Waals surface area (Å²) in [6.45, 7) is 11.9. The molecule has 0 aromatic heterocycles. The van der Waals surface area contributed by atoms with Crippen molar-refractivity contribution < 1.29 is 14.4 Å².